The zero-order valence-corrected chi connectivity index (χ0v) is 4.24. The molecule has 0 N–H and O–H groups in total. The number of alkyl halides is 1. The van der Waals surface area contributed by atoms with Crippen LogP contribution in [0.1, 0.15) is 12.8 Å². The van der Waals surface area contributed by atoms with E-state index in [1.807, 2.05) is 0 Å². The van der Waals surface area contributed by atoms with Gasteiger partial charge in [0, 0.05) is 6.61 Å². The Hall–Kier alpha value is 0.250. The second-order valence-corrected chi connectivity index (χ2v) is 1.91. The molecule has 1 unspecified atom stereocenters. The normalized spacial score (nSPS) is 34.5. The van der Waals surface area contributed by atoms with E-state index in [9.17, 15) is 0 Å². The number of ether oxygens (including phenoxy) is 1. The van der Waals surface area contributed by atoms with Gasteiger partial charge in [0.05, 0.1) is 0 Å². The van der Waals surface area contributed by atoms with Crippen LogP contribution in [0.15, 0.2) is 0 Å². The first-order valence-corrected chi connectivity index (χ1v) is 2.59. The van der Waals surface area contributed by atoms with Gasteiger partial charge in [0.25, 0.3) is 0 Å². The molecule has 1 atom stereocenters. The van der Waals surface area contributed by atoms with E-state index in [0.717, 1.165) is 19.4 Å². The Balaban J connectivity index is 2.18. The van der Waals surface area contributed by atoms with Gasteiger partial charge in [0.1, 0.15) is 5.56 Å². The Bertz CT molecular complexity index is 40.8. The molecule has 1 aliphatic rings. The minimum Gasteiger partial charge on any atom is -0.362 e. The van der Waals surface area contributed by atoms with Crippen LogP contribution in [0.5, 0.6) is 0 Å². The first kappa shape index (κ1) is 4.41. The maximum absolute atomic E-state index is 5.49. The summed E-state index contributed by atoms with van der Waals surface area (Å²) in [4.78, 5) is 0. The molecule has 0 amide bonds. The predicted octanol–water partition coefficient (Wildman–Crippen LogP) is 1.36. The second kappa shape index (κ2) is 1.80. The zero-order chi connectivity index (χ0) is 4.41. The molecule has 6 heavy (non-hydrogen) atoms. The van der Waals surface area contributed by atoms with Gasteiger partial charge in [-0.15, -0.1) is 0 Å². The topological polar surface area (TPSA) is 9.23 Å². The van der Waals surface area contributed by atoms with Crippen LogP contribution in [0.3, 0.4) is 0 Å². The van der Waals surface area contributed by atoms with Crippen LogP contribution in [0.2, 0.25) is 0 Å². The van der Waals surface area contributed by atoms with Gasteiger partial charge < -0.3 is 4.74 Å². The van der Waals surface area contributed by atoms with Gasteiger partial charge in [-0.25, -0.2) is 0 Å². The molecule has 0 saturated carbocycles. The molecule has 1 aliphatic heterocycles. The van der Waals surface area contributed by atoms with E-state index in [1.165, 1.54) is 0 Å². The molecule has 0 aromatic carbocycles. The minimum atomic E-state index is 0.0185. The van der Waals surface area contributed by atoms with Gasteiger partial charge in [-0.2, -0.15) is 0 Å². The van der Waals surface area contributed by atoms with Crippen LogP contribution in [-0.2, 0) is 4.74 Å². The average molecular weight is 107 g/mol. The molecule has 0 bridgehead atoms. The molecular formula is C4H7ClO. The predicted molar refractivity (Wildman–Crippen MR) is 24.8 cm³/mol. The molecule has 1 saturated heterocycles. The van der Waals surface area contributed by atoms with Gasteiger partial charge in [-0.05, 0) is 12.8 Å². The van der Waals surface area contributed by atoms with Crippen molar-refractivity contribution in [3.8, 4) is 0 Å². The van der Waals surface area contributed by atoms with Crippen molar-refractivity contribution in [3.63, 3.8) is 0 Å². The van der Waals surface area contributed by atoms with Crippen molar-refractivity contribution in [2.75, 3.05) is 6.61 Å². The standard InChI is InChI=1S/C4H7ClO/c5-4-2-1-3-6-4/h4H,1-3H2. The first-order valence-electron chi connectivity index (χ1n) is 2.15. The second-order valence-electron chi connectivity index (χ2n) is 1.42. The molecule has 1 fully saturated rings. The van der Waals surface area contributed by atoms with E-state index in [0.29, 0.717) is 0 Å². The highest BCUT2D eigenvalue weighted by Gasteiger charge is 2.09. The average Bonchev–Trinajstić information content (AvgIpc) is 1.86. The van der Waals surface area contributed by atoms with Crippen LogP contribution < -0.4 is 0 Å². The molecule has 0 radical (unpaired) electrons. The van der Waals surface area contributed by atoms with E-state index in [4.69, 9.17) is 16.3 Å². The van der Waals surface area contributed by atoms with Gasteiger partial charge in [0.2, 0.25) is 0 Å². The van der Waals surface area contributed by atoms with Gasteiger partial charge in [-0.1, -0.05) is 11.6 Å². The SMILES string of the molecule is ClC1CCCO1. The van der Waals surface area contributed by atoms with E-state index in [2.05, 4.69) is 0 Å². The zero-order valence-electron chi connectivity index (χ0n) is 3.48. The lowest BCUT2D eigenvalue weighted by molar-refractivity contribution is 0.168. The third-order valence-electron chi connectivity index (χ3n) is 0.874. The molecule has 2 heteroatoms. The fraction of sp³-hybridized carbons (Fsp3) is 1.00. The molecule has 36 valence electrons. The molecular weight excluding hydrogens is 99.5 g/mol. The number of hydrogen-bond acceptors (Lipinski definition) is 1. The third-order valence-corrected chi connectivity index (χ3v) is 1.22. The Labute approximate surface area is 42.2 Å². The highest BCUT2D eigenvalue weighted by atomic mass is 35.5. The van der Waals surface area contributed by atoms with E-state index < -0.39 is 0 Å². The van der Waals surface area contributed by atoms with E-state index in [-0.39, 0.29) is 5.56 Å². The Morgan fingerprint density at radius 2 is 2.50 bits per heavy atom. The maximum atomic E-state index is 5.49. The molecule has 0 aromatic rings. The van der Waals surface area contributed by atoms with Crippen LogP contribution in [0, 0.1) is 0 Å². The summed E-state index contributed by atoms with van der Waals surface area (Å²) in [6.45, 7) is 0.855. The van der Waals surface area contributed by atoms with Crippen LogP contribution in [0.25, 0.3) is 0 Å². The van der Waals surface area contributed by atoms with Crippen molar-refractivity contribution in [2.45, 2.75) is 18.4 Å². The van der Waals surface area contributed by atoms with Crippen LogP contribution in [0.4, 0.5) is 0 Å². The lowest BCUT2D eigenvalue weighted by Crippen LogP contribution is -1.89. The molecule has 0 aliphatic carbocycles. The summed E-state index contributed by atoms with van der Waals surface area (Å²) >= 11 is 5.49. The fourth-order valence-electron chi connectivity index (χ4n) is 0.538. The monoisotopic (exact) mass is 106 g/mol. The highest BCUT2D eigenvalue weighted by Crippen LogP contribution is 2.14. The van der Waals surface area contributed by atoms with Crippen molar-refractivity contribution in [3.05, 3.63) is 0 Å². The van der Waals surface area contributed by atoms with Crippen molar-refractivity contribution in [2.24, 2.45) is 0 Å². The summed E-state index contributed by atoms with van der Waals surface area (Å²) in [6.07, 6.45) is 2.16. The maximum Gasteiger partial charge on any atom is 0.131 e. The van der Waals surface area contributed by atoms with E-state index >= 15 is 0 Å². The molecule has 1 heterocycles. The van der Waals surface area contributed by atoms with Gasteiger partial charge in [-0.3, -0.25) is 0 Å². The number of halogens is 1. The summed E-state index contributed by atoms with van der Waals surface area (Å²) in [6, 6.07) is 0. The van der Waals surface area contributed by atoms with Crippen molar-refractivity contribution < 1.29 is 4.74 Å². The Morgan fingerprint density at radius 3 is 2.67 bits per heavy atom. The third kappa shape index (κ3) is 0.854. The summed E-state index contributed by atoms with van der Waals surface area (Å²) in [5, 5.41) is 0. The Morgan fingerprint density at radius 1 is 1.67 bits per heavy atom. The molecule has 0 spiro atoms. The van der Waals surface area contributed by atoms with Gasteiger partial charge in [0.15, 0.2) is 0 Å². The first-order chi connectivity index (χ1) is 2.89. The lowest BCUT2D eigenvalue weighted by atomic mass is 10.4. The molecule has 1 rings (SSSR count). The van der Waals surface area contributed by atoms with E-state index in [1.54, 1.807) is 0 Å². The fourth-order valence-corrected chi connectivity index (χ4v) is 0.782. The lowest BCUT2D eigenvalue weighted by Gasteiger charge is -1.91. The summed E-state index contributed by atoms with van der Waals surface area (Å²) in [5.74, 6) is 0. The summed E-state index contributed by atoms with van der Waals surface area (Å²) in [5.41, 5.74) is 0.0185. The van der Waals surface area contributed by atoms with Crippen molar-refractivity contribution in [1.29, 1.82) is 0 Å². The van der Waals surface area contributed by atoms with Crippen LogP contribution in [-0.4, -0.2) is 12.2 Å². The van der Waals surface area contributed by atoms with Crippen molar-refractivity contribution in [1.82, 2.24) is 0 Å². The largest absolute Gasteiger partial charge is 0.362 e. The number of hydrogen-bond donors (Lipinski definition) is 0. The Kier molecular flexibility index (Phi) is 1.33. The molecule has 0 aromatic heterocycles. The minimum absolute atomic E-state index is 0.0185. The smallest absolute Gasteiger partial charge is 0.131 e. The summed E-state index contributed by atoms with van der Waals surface area (Å²) in [7, 11) is 0. The molecule has 1 nitrogen and oxygen atoms in total. The summed E-state index contributed by atoms with van der Waals surface area (Å²) < 4.78 is 4.92. The van der Waals surface area contributed by atoms with Gasteiger partial charge >= 0.3 is 0 Å². The quantitative estimate of drug-likeness (QED) is 0.424. The highest BCUT2D eigenvalue weighted by molar-refractivity contribution is 6.19. The van der Waals surface area contributed by atoms with Crippen LogP contribution >= 0.6 is 11.6 Å². The van der Waals surface area contributed by atoms with Crippen molar-refractivity contribution >= 4 is 11.6 Å². The number of rotatable bonds is 0.